The number of aliphatic hydroxyl groups is 1. The topological polar surface area (TPSA) is 86.2 Å². The Labute approximate surface area is 74.7 Å². The van der Waals surface area contributed by atoms with Gasteiger partial charge in [0.05, 0.1) is 6.20 Å². The van der Waals surface area contributed by atoms with Crippen LogP contribution in [-0.2, 0) is 0 Å². The molecule has 0 unspecified atom stereocenters. The van der Waals surface area contributed by atoms with E-state index >= 15 is 0 Å². The molecule has 0 fully saturated rings. The highest BCUT2D eigenvalue weighted by Crippen LogP contribution is 2.06. The molecule has 0 bridgehead atoms. The van der Waals surface area contributed by atoms with Crippen molar-refractivity contribution >= 4 is 12.0 Å². The second-order valence-electron chi connectivity index (χ2n) is 2.42. The molecule has 1 aromatic heterocycles. The van der Waals surface area contributed by atoms with Gasteiger partial charge in [0.2, 0.25) is 0 Å². The molecule has 1 rings (SSSR count). The molecule has 5 heteroatoms. The maximum Gasteiger partial charge on any atom is 0.354 e. The van der Waals surface area contributed by atoms with Crippen molar-refractivity contribution in [1.82, 2.24) is 10.2 Å². The summed E-state index contributed by atoms with van der Waals surface area (Å²) in [5.41, 5.74) is 0.579. The minimum Gasteiger partial charge on any atom is -0.477 e. The third-order valence-electron chi connectivity index (χ3n) is 1.48. The van der Waals surface area contributed by atoms with Crippen LogP contribution in [0.5, 0.6) is 0 Å². The average Bonchev–Trinajstić information content (AvgIpc) is 2.53. The van der Waals surface area contributed by atoms with E-state index in [0.717, 1.165) is 0 Å². The Bertz CT molecular complexity index is 317. The van der Waals surface area contributed by atoms with Crippen LogP contribution >= 0.6 is 0 Å². The number of hydrogen-bond acceptors (Lipinski definition) is 3. The molecule has 1 heterocycles. The van der Waals surface area contributed by atoms with Crippen molar-refractivity contribution in [2.24, 2.45) is 0 Å². The zero-order valence-corrected chi connectivity index (χ0v) is 6.90. The van der Waals surface area contributed by atoms with Crippen molar-refractivity contribution in [1.29, 1.82) is 0 Å². The van der Waals surface area contributed by atoms with E-state index < -0.39 is 5.97 Å². The first-order chi connectivity index (χ1) is 6.25. The zero-order valence-electron chi connectivity index (χ0n) is 6.90. The SMILES string of the molecule is O=C(O)c1[nH]ncc1C=CCCO. The first-order valence-corrected chi connectivity index (χ1v) is 3.79. The molecule has 0 aliphatic heterocycles. The van der Waals surface area contributed by atoms with Gasteiger partial charge in [-0.25, -0.2) is 4.79 Å². The van der Waals surface area contributed by atoms with Crippen molar-refractivity contribution in [2.75, 3.05) is 6.61 Å². The first-order valence-electron chi connectivity index (χ1n) is 3.79. The molecule has 0 aromatic carbocycles. The number of aromatic carboxylic acids is 1. The third-order valence-corrected chi connectivity index (χ3v) is 1.48. The van der Waals surface area contributed by atoms with Crippen LogP contribution < -0.4 is 0 Å². The van der Waals surface area contributed by atoms with Crippen molar-refractivity contribution in [2.45, 2.75) is 6.42 Å². The first kappa shape index (κ1) is 9.47. The van der Waals surface area contributed by atoms with E-state index in [4.69, 9.17) is 10.2 Å². The summed E-state index contributed by atoms with van der Waals surface area (Å²) >= 11 is 0. The van der Waals surface area contributed by atoms with Crippen molar-refractivity contribution in [3.8, 4) is 0 Å². The van der Waals surface area contributed by atoms with Gasteiger partial charge in [-0.3, -0.25) is 5.10 Å². The minimum atomic E-state index is -1.04. The number of H-pyrrole nitrogens is 1. The lowest BCUT2D eigenvalue weighted by atomic mass is 10.2. The molecule has 0 atom stereocenters. The predicted octanol–water partition coefficient (Wildman–Crippen LogP) is 0.503. The molecular weight excluding hydrogens is 172 g/mol. The number of nitrogens with one attached hydrogen (secondary N) is 1. The smallest absolute Gasteiger partial charge is 0.354 e. The Morgan fingerprint density at radius 3 is 3.08 bits per heavy atom. The molecule has 0 aliphatic rings. The minimum absolute atomic E-state index is 0.0523. The van der Waals surface area contributed by atoms with E-state index in [0.29, 0.717) is 12.0 Å². The fraction of sp³-hybridized carbons (Fsp3) is 0.250. The molecule has 5 nitrogen and oxygen atoms in total. The Balaban J connectivity index is 2.76. The average molecular weight is 182 g/mol. The maximum absolute atomic E-state index is 10.6. The fourth-order valence-electron chi connectivity index (χ4n) is 0.878. The lowest BCUT2D eigenvalue weighted by Gasteiger charge is -1.90. The molecule has 0 radical (unpaired) electrons. The highest BCUT2D eigenvalue weighted by atomic mass is 16.4. The molecule has 3 N–H and O–H groups in total. The van der Waals surface area contributed by atoms with Gasteiger partial charge in [-0.15, -0.1) is 0 Å². The van der Waals surface area contributed by atoms with Gasteiger partial charge >= 0.3 is 5.97 Å². The largest absolute Gasteiger partial charge is 0.477 e. The number of hydrogen-bond donors (Lipinski definition) is 3. The molecule has 1 aromatic rings. The third kappa shape index (κ3) is 2.41. The molecule has 13 heavy (non-hydrogen) atoms. The van der Waals surface area contributed by atoms with E-state index in [1.807, 2.05) is 0 Å². The lowest BCUT2D eigenvalue weighted by Crippen LogP contribution is -1.98. The summed E-state index contributed by atoms with van der Waals surface area (Å²) in [7, 11) is 0. The molecule has 0 aliphatic carbocycles. The fourth-order valence-corrected chi connectivity index (χ4v) is 0.878. The number of carbonyl (C=O) groups is 1. The Hall–Kier alpha value is -1.62. The summed E-state index contributed by atoms with van der Waals surface area (Å²) in [6.45, 7) is 0.0523. The van der Waals surface area contributed by atoms with Crippen LogP contribution in [0, 0.1) is 0 Å². The summed E-state index contributed by atoms with van der Waals surface area (Å²) < 4.78 is 0. The number of aromatic nitrogens is 2. The normalized spacial score (nSPS) is 10.8. The van der Waals surface area contributed by atoms with E-state index in [-0.39, 0.29) is 12.3 Å². The Morgan fingerprint density at radius 1 is 1.69 bits per heavy atom. The zero-order chi connectivity index (χ0) is 9.68. The molecule has 0 saturated carbocycles. The molecule has 0 spiro atoms. The molecule has 70 valence electrons. The molecule has 0 amide bonds. The van der Waals surface area contributed by atoms with E-state index in [1.165, 1.54) is 6.20 Å². The second kappa shape index (κ2) is 4.42. The van der Waals surface area contributed by atoms with Crippen LogP contribution in [0.2, 0.25) is 0 Å². The Morgan fingerprint density at radius 2 is 2.46 bits per heavy atom. The summed E-state index contributed by atoms with van der Waals surface area (Å²) in [5, 5.41) is 23.1. The summed E-state index contributed by atoms with van der Waals surface area (Å²) in [6, 6.07) is 0. The van der Waals surface area contributed by atoms with Gasteiger partial charge < -0.3 is 10.2 Å². The van der Waals surface area contributed by atoms with Crippen LogP contribution in [0.25, 0.3) is 6.08 Å². The summed E-state index contributed by atoms with van der Waals surface area (Å²) in [4.78, 5) is 10.6. The number of aromatic amines is 1. The molecular formula is C8H10N2O3. The van der Waals surface area contributed by atoms with Gasteiger partial charge in [0.15, 0.2) is 5.69 Å². The van der Waals surface area contributed by atoms with E-state index in [2.05, 4.69) is 10.2 Å². The summed E-state index contributed by atoms with van der Waals surface area (Å²) in [6.07, 6.45) is 5.24. The van der Waals surface area contributed by atoms with Crippen LogP contribution in [-0.4, -0.2) is 33.0 Å². The van der Waals surface area contributed by atoms with Crippen LogP contribution in [0.15, 0.2) is 12.3 Å². The summed E-state index contributed by atoms with van der Waals surface area (Å²) in [5.74, 6) is -1.04. The number of nitrogens with zero attached hydrogens (tertiary/aromatic N) is 1. The van der Waals surface area contributed by atoms with Gasteiger partial charge in [-0.05, 0) is 6.42 Å². The van der Waals surface area contributed by atoms with Gasteiger partial charge in [-0.1, -0.05) is 12.2 Å². The predicted molar refractivity (Wildman–Crippen MR) is 46.3 cm³/mol. The van der Waals surface area contributed by atoms with Gasteiger partial charge in [0.25, 0.3) is 0 Å². The van der Waals surface area contributed by atoms with Crippen molar-refractivity contribution in [3.63, 3.8) is 0 Å². The van der Waals surface area contributed by atoms with Gasteiger partial charge in [-0.2, -0.15) is 5.10 Å². The van der Waals surface area contributed by atoms with Gasteiger partial charge in [0, 0.05) is 12.2 Å². The van der Waals surface area contributed by atoms with Crippen LogP contribution in [0.3, 0.4) is 0 Å². The maximum atomic E-state index is 10.6. The second-order valence-corrected chi connectivity index (χ2v) is 2.42. The number of carboxylic acid groups (broad SMARTS) is 1. The highest BCUT2D eigenvalue weighted by molar-refractivity contribution is 5.89. The Kier molecular flexibility index (Phi) is 3.22. The number of rotatable bonds is 4. The van der Waals surface area contributed by atoms with E-state index in [9.17, 15) is 4.79 Å². The standard InChI is InChI=1S/C8H10N2O3/c11-4-2-1-3-6-5-9-10-7(6)8(12)13/h1,3,5,11H,2,4H2,(H,9,10)(H,12,13). The van der Waals surface area contributed by atoms with Gasteiger partial charge in [0.1, 0.15) is 0 Å². The van der Waals surface area contributed by atoms with Crippen LogP contribution in [0.1, 0.15) is 22.5 Å². The van der Waals surface area contributed by atoms with Crippen LogP contribution in [0.4, 0.5) is 0 Å². The van der Waals surface area contributed by atoms with Crippen molar-refractivity contribution in [3.05, 3.63) is 23.5 Å². The highest BCUT2D eigenvalue weighted by Gasteiger charge is 2.08. The van der Waals surface area contributed by atoms with Crippen molar-refractivity contribution < 1.29 is 15.0 Å². The molecule has 0 saturated heterocycles. The monoisotopic (exact) mass is 182 g/mol. The number of carboxylic acids is 1. The number of aliphatic hydroxyl groups excluding tert-OH is 1. The van der Waals surface area contributed by atoms with E-state index in [1.54, 1.807) is 12.2 Å². The quantitative estimate of drug-likeness (QED) is 0.633. The lowest BCUT2D eigenvalue weighted by molar-refractivity contribution is 0.0690.